The predicted molar refractivity (Wildman–Crippen MR) is 110 cm³/mol. The molecule has 1 aliphatic rings. The Kier molecular flexibility index (Phi) is 6.69. The first-order chi connectivity index (χ1) is 13.9. The predicted octanol–water partition coefficient (Wildman–Crippen LogP) is 3.81. The Hall–Kier alpha value is -2.67. The van der Waals surface area contributed by atoms with Crippen molar-refractivity contribution in [3.63, 3.8) is 0 Å². The van der Waals surface area contributed by atoms with Gasteiger partial charge in [0.2, 0.25) is 5.91 Å². The van der Waals surface area contributed by atoms with E-state index >= 15 is 0 Å². The van der Waals surface area contributed by atoms with Crippen LogP contribution in [0.5, 0.6) is 0 Å². The molecule has 1 aliphatic heterocycles. The fourth-order valence-corrected chi connectivity index (χ4v) is 3.63. The van der Waals surface area contributed by atoms with E-state index in [0.29, 0.717) is 36.5 Å². The Morgan fingerprint density at radius 3 is 2.79 bits per heavy atom. The van der Waals surface area contributed by atoms with Gasteiger partial charge in [0.1, 0.15) is 10.7 Å². The van der Waals surface area contributed by atoms with E-state index < -0.39 is 12.6 Å². The number of rotatable bonds is 8. The second-order valence-electron chi connectivity index (χ2n) is 7.03. The number of ketones is 1. The molecule has 3 rings (SSSR count). The van der Waals surface area contributed by atoms with Crippen LogP contribution in [0, 0.1) is 6.92 Å². The number of carbonyl (C=O) groups excluding carboxylic acids is 3. The zero-order valence-electron chi connectivity index (χ0n) is 16.6. The van der Waals surface area contributed by atoms with Crippen LogP contribution in [0.2, 0.25) is 5.15 Å². The highest BCUT2D eigenvalue weighted by atomic mass is 35.5. The lowest BCUT2D eigenvalue weighted by atomic mass is 10.1. The Morgan fingerprint density at radius 2 is 2.10 bits per heavy atom. The largest absolute Gasteiger partial charge is 0.454 e. The SMILES string of the molecule is CCCCn1nc(C)c(C(=O)OCC(=O)c2cccc(N3CCCC3=O)c2)c1Cl. The summed E-state index contributed by atoms with van der Waals surface area (Å²) in [6.07, 6.45) is 3.19. The monoisotopic (exact) mass is 417 g/mol. The molecule has 0 aliphatic carbocycles. The summed E-state index contributed by atoms with van der Waals surface area (Å²) in [5, 5.41) is 4.50. The van der Waals surface area contributed by atoms with Crippen molar-refractivity contribution in [2.24, 2.45) is 0 Å². The van der Waals surface area contributed by atoms with Gasteiger partial charge in [-0.3, -0.25) is 14.3 Å². The summed E-state index contributed by atoms with van der Waals surface area (Å²) in [4.78, 5) is 38.5. The molecule has 8 heteroatoms. The zero-order chi connectivity index (χ0) is 21.0. The highest BCUT2D eigenvalue weighted by molar-refractivity contribution is 6.32. The van der Waals surface area contributed by atoms with Gasteiger partial charge in [0, 0.05) is 30.8 Å². The van der Waals surface area contributed by atoms with E-state index in [1.54, 1.807) is 40.8 Å². The van der Waals surface area contributed by atoms with Gasteiger partial charge in [-0.15, -0.1) is 0 Å². The number of halogens is 1. The normalized spacial score (nSPS) is 13.8. The highest BCUT2D eigenvalue weighted by Gasteiger charge is 2.24. The number of amides is 1. The van der Waals surface area contributed by atoms with Crippen molar-refractivity contribution in [3.05, 3.63) is 46.2 Å². The Bertz CT molecular complexity index is 938. The lowest BCUT2D eigenvalue weighted by Crippen LogP contribution is -2.24. The molecule has 0 saturated carbocycles. The number of unbranched alkanes of at least 4 members (excludes halogenated alkanes) is 1. The second kappa shape index (κ2) is 9.22. The first-order valence-electron chi connectivity index (χ1n) is 9.76. The number of esters is 1. The molecule has 29 heavy (non-hydrogen) atoms. The minimum Gasteiger partial charge on any atom is -0.454 e. The number of carbonyl (C=O) groups is 3. The molecule has 1 amide bonds. The molecule has 0 N–H and O–H groups in total. The fourth-order valence-electron chi connectivity index (χ4n) is 3.30. The maximum absolute atomic E-state index is 12.5. The quantitative estimate of drug-likeness (QED) is 0.481. The number of hydrogen-bond donors (Lipinski definition) is 0. The molecule has 0 unspecified atom stereocenters. The van der Waals surface area contributed by atoms with Gasteiger partial charge >= 0.3 is 5.97 Å². The van der Waals surface area contributed by atoms with E-state index in [4.69, 9.17) is 16.3 Å². The average Bonchev–Trinajstić information content (AvgIpc) is 3.26. The summed E-state index contributed by atoms with van der Waals surface area (Å²) in [5.74, 6) is -0.973. The van der Waals surface area contributed by atoms with Crippen molar-refractivity contribution in [3.8, 4) is 0 Å². The van der Waals surface area contributed by atoms with Gasteiger partial charge in [-0.2, -0.15) is 5.10 Å². The molecule has 154 valence electrons. The Labute approximate surface area is 174 Å². The van der Waals surface area contributed by atoms with Gasteiger partial charge in [-0.1, -0.05) is 37.1 Å². The van der Waals surface area contributed by atoms with E-state index in [1.807, 2.05) is 0 Å². The van der Waals surface area contributed by atoms with Crippen LogP contribution >= 0.6 is 11.6 Å². The summed E-state index contributed by atoms with van der Waals surface area (Å²) in [6, 6.07) is 6.80. The van der Waals surface area contributed by atoms with E-state index in [2.05, 4.69) is 12.0 Å². The molecular formula is C21H24ClN3O4. The number of benzene rings is 1. The summed E-state index contributed by atoms with van der Waals surface area (Å²) < 4.78 is 6.78. The zero-order valence-corrected chi connectivity index (χ0v) is 17.4. The third kappa shape index (κ3) is 4.67. The number of hydrogen-bond acceptors (Lipinski definition) is 5. The molecular weight excluding hydrogens is 394 g/mol. The maximum atomic E-state index is 12.5. The molecule has 1 fully saturated rings. The van der Waals surface area contributed by atoms with Crippen LogP contribution in [0.1, 0.15) is 59.0 Å². The van der Waals surface area contributed by atoms with E-state index in [-0.39, 0.29) is 22.4 Å². The topological polar surface area (TPSA) is 81.5 Å². The van der Waals surface area contributed by atoms with Crippen molar-refractivity contribution in [1.29, 1.82) is 0 Å². The Balaban J connectivity index is 1.66. The van der Waals surface area contributed by atoms with Gasteiger partial charge in [0.15, 0.2) is 12.4 Å². The molecule has 1 aromatic carbocycles. The number of aryl methyl sites for hydroxylation is 2. The molecule has 7 nitrogen and oxygen atoms in total. The van der Waals surface area contributed by atoms with Crippen molar-refractivity contribution in [2.45, 2.75) is 46.1 Å². The molecule has 0 radical (unpaired) electrons. The molecule has 2 heterocycles. The second-order valence-corrected chi connectivity index (χ2v) is 7.38. The van der Waals surface area contributed by atoms with Crippen molar-refractivity contribution >= 4 is 34.9 Å². The van der Waals surface area contributed by atoms with Crippen molar-refractivity contribution in [2.75, 3.05) is 18.1 Å². The molecule has 0 bridgehead atoms. The van der Waals surface area contributed by atoms with E-state index in [9.17, 15) is 14.4 Å². The summed E-state index contributed by atoms with van der Waals surface area (Å²) in [7, 11) is 0. The molecule has 1 saturated heterocycles. The first-order valence-corrected chi connectivity index (χ1v) is 10.1. The minimum absolute atomic E-state index is 0.0474. The van der Waals surface area contributed by atoms with Gasteiger partial charge in [0.25, 0.3) is 0 Å². The number of anilines is 1. The standard InChI is InChI=1S/C21H24ClN3O4/c1-3-4-11-25-20(22)19(14(2)23-25)21(28)29-13-17(26)15-7-5-8-16(12-15)24-10-6-9-18(24)27/h5,7-8,12H,3-4,6,9-11,13H2,1-2H3. The number of aromatic nitrogens is 2. The molecule has 0 atom stereocenters. The lowest BCUT2D eigenvalue weighted by molar-refractivity contribution is -0.117. The van der Waals surface area contributed by atoms with E-state index in [1.165, 1.54) is 0 Å². The summed E-state index contributed by atoms with van der Waals surface area (Å²) in [5.41, 5.74) is 1.72. The van der Waals surface area contributed by atoms with Crippen LogP contribution in [-0.4, -0.2) is 40.6 Å². The maximum Gasteiger partial charge on any atom is 0.343 e. The van der Waals surface area contributed by atoms with Crippen LogP contribution < -0.4 is 4.90 Å². The summed E-state index contributed by atoms with van der Waals surface area (Å²) >= 11 is 6.28. The summed E-state index contributed by atoms with van der Waals surface area (Å²) in [6.45, 7) is 4.59. The van der Waals surface area contributed by atoms with Crippen LogP contribution in [0.3, 0.4) is 0 Å². The Morgan fingerprint density at radius 1 is 1.31 bits per heavy atom. The first kappa shape index (κ1) is 21.0. The van der Waals surface area contributed by atoms with Crippen LogP contribution in [0.4, 0.5) is 5.69 Å². The van der Waals surface area contributed by atoms with Crippen LogP contribution in [0.15, 0.2) is 24.3 Å². The van der Waals surface area contributed by atoms with Crippen molar-refractivity contribution < 1.29 is 19.1 Å². The highest BCUT2D eigenvalue weighted by Crippen LogP contribution is 2.23. The van der Waals surface area contributed by atoms with Crippen molar-refractivity contribution in [1.82, 2.24) is 9.78 Å². The molecule has 0 spiro atoms. The molecule has 1 aromatic heterocycles. The third-order valence-corrected chi connectivity index (χ3v) is 5.26. The smallest absolute Gasteiger partial charge is 0.343 e. The number of ether oxygens (including phenoxy) is 1. The minimum atomic E-state index is -0.672. The number of Topliss-reactive ketones (excluding diaryl/α,β-unsaturated/α-hetero) is 1. The van der Waals surface area contributed by atoms with Gasteiger partial charge < -0.3 is 9.64 Å². The lowest BCUT2D eigenvalue weighted by Gasteiger charge is -2.16. The fraction of sp³-hybridized carbons (Fsp3) is 0.429. The number of nitrogens with zero attached hydrogens (tertiary/aromatic N) is 3. The van der Waals surface area contributed by atoms with Gasteiger partial charge in [-0.05, 0) is 31.9 Å². The van der Waals surface area contributed by atoms with Crippen LogP contribution in [0.25, 0.3) is 0 Å². The van der Waals surface area contributed by atoms with E-state index in [0.717, 1.165) is 19.3 Å². The van der Waals surface area contributed by atoms with Crippen LogP contribution in [-0.2, 0) is 16.1 Å². The molecule has 2 aromatic rings. The van der Waals surface area contributed by atoms with Gasteiger partial charge in [0.05, 0.1) is 5.69 Å². The van der Waals surface area contributed by atoms with Gasteiger partial charge in [-0.25, -0.2) is 4.79 Å². The third-order valence-electron chi connectivity index (χ3n) is 4.88. The average molecular weight is 418 g/mol.